The second kappa shape index (κ2) is 13.8. The van der Waals surface area contributed by atoms with Crippen LogP contribution >= 0.6 is 0 Å². The van der Waals surface area contributed by atoms with Gasteiger partial charge in [0.05, 0.1) is 0 Å². The van der Waals surface area contributed by atoms with Crippen molar-refractivity contribution in [2.75, 3.05) is 0 Å². The number of unbranched alkanes of at least 4 members (excludes halogenated alkanes) is 9. The Bertz CT molecular complexity index is 79.2. The molecule has 0 bridgehead atoms. The summed E-state index contributed by atoms with van der Waals surface area (Å²) in [6.07, 6.45) is 14.8. The summed E-state index contributed by atoms with van der Waals surface area (Å²) in [5.41, 5.74) is 0. The van der Waals surface area contributed by atoms with Gasteiger partial charge in [-0.05, 0) is 0 Å². The Balaban J connectivity index is 2.78. The first-order valence-corrected chi connectivity index (χ1v) is 10.4. The molecule has 0 unspecified atom stereocenters. The quantitative estimate of drug-likeness (QED) is 0.369. The molecule has 0 amide bonds. The molecule has 0 saturated heterocycles. The maximum atomic E-state index is 2.42. The molecule has 0 aromatic carbocycles. The molecule has 1 heteroatoms. The van der Waals surface area contributed by atoms with Gasteiger partial charge in [-0.15, -0.1) is 0 Å². The van der Waals surface area contributed by atoms with Gasteiger partial charge in [-0.25, -0.2) is 0 Å². The first kappa shape index (κ1) is 14.8. The van der Waals surface area contributed by atoms with E-state index in [-0.39, 0.29) is 0 Å². The summed E-state index contributed by atoms with van der Waals surface area (Å²) in [7, 11) is 0. The Kier molecular flexibility index (Phi) is 14.6. The summed E-state index contributed by atoms with van der Waals surface area (Å²) in [4.78, 5) is 2.42. The average molecular weight is 312 g/mol. The summed E-state index contributed by atoms with van der Waals surface area (Å²) >= 11 is 0.425. The number of rotatable bonds is 11. The van der Waals surface area contributed by atoms with Crippen LogP contribution in [0.25, 0.3) is 0 Å². The molecule has 0 fully saturated rings. The van der Waals surface area contributed by atoms with Crippen LogP contribution in [-0.4, -0.2) is 20.9 Å². The molecule has 0 spiro atoms. The van der Waals surface area contributed by atoms with Crippen molar-refractivity contribution in [1.82, 2.24) is 0 Å². The van der Waals surface area contributed by atoms with Crippen molar-refractivity contribution in [1.29, 1.82) is 0 Å². The molecule has 0 N–H and O–H groups in total. The molecule has 0 nitrogen and oxygen atoms in total. The summed E-state index contributed by atoms with van der Waals surface area (Å²) in [5, 5.41) is 0. The molecular weight excluding hydrogens is 284 g/mol. The molecule has 0 saturated carbocycles. The van der Waals surface area contributed by atoms with Crippen LogP contribution in [0.5, 0.6) is 0 Å². The summed E-state index contributed by atoms with van der Waals surface area (Å²) in [6, 6.07) is 0. The predicted octanol–water partition coefficient (Wildman–Crippen LogP) is 5.08. The molecule has 0 aromatic rings. The molecule has 0 atom stereocenters. The molecule has 0 aromatic heterocycles. The number of hydrogen-bond donors (Lipinski definition) is 0. The second-order valence-corrected chi connectivity index (χ2v) is 6.99. The van der Waals surface area contributed by atoms with Crippen molar-refractivity contribution in [2.24, 2.45) is 0 Å². The van der Waals surface area contributed by atoms with Crippen LogP contribution in [0.4, 0.5) is 0 Å². The fraction of sp³-hybridized carbons (Fsp3) is 1.00. The molecule has 14 heavy (non-hydrogen) atoms. The Morgan fingerprint density at radius 3 is 1.50 bits per heavy atom. The summed E-state index contributed by atoms with van der Waals surface area (Å²) in [5.74, 6) is 0. The van der Waals surface area contributed by atoms with Crippen molar-refractivity contribution in [3.8, 4) is 0 Å². The molecule has 0 aliphatic heterocycles. The van der Waals surface area contributed by atoms with Crippen LogP contribution in [-0.2, 0) is 0 Å². The third kappa shape index (κ3) is 12.8. The molecular formula is C13H28Te. The topological polar surface area (TPSA) is 0 Å². The molecule has 0 rings (SSSR count). The van der Waals surface area contributed by atoms with Gasteiger partial charge in [-0.3, -0.25) is 0 Å². The fourth-order valence-corrected chi connectivity index (χ4v) is 3.14. The fourth-order valence-electron chi connectivity index (χ4n) is 1.73. The van der Waals surface area contributed by atoms with E-state index in [0.29, 0.717) is 20.9 Å². The standard InChI is InChI=1S/C13H28Te/c1-3-4-5-6-7-8-9-10-11-12-13-14-2/h3-13H2,1-2H3. The zero-order valence-corrected chi connectivity index (χ0v) is 12.5. The van der Waals surface area contributed by atoms with E-state index < -0.39 is 0 Å². The van der Waals surface area contributed by atoms with E-state index in [1.54, 1.807) is 4.47 Å². The average Bonchev–Trinajstić information content (AvgIpc) is 2.21. The van der Waals surface area contributed by atoms with Gasteiger partial charge in [0, 0.05) is 0 Å². The van der Waals surface area contributed by atoms with Gasteiger partial charge in [0.25, 0.3) is 0 Å². The zero-order valence-electron chi connectivity index (χ0n) is 10.2. The van der Waals surface area contributed by atoms with E-state index in [0.717, 1.165) is 0 Å². The first-order chi connectivity index (χ1) is 6.91. The van der Waals surface area contributed by atoms with Crippen molar-refractivity contribution in [2.45, 2.75) is 80.6 Å². The normalized spacial score (nSPS) is 10.7. The minimum absolute atomic E-state index is 0.425. The second-order valence-electron chi connectivity index (χ2n) is 4.17. The SMILES string of the molecule is CCCCCCCCCCCC[Te]C. The Morgan fingerprint density at radius 1 is 0.643 bits per heavy atom. The summed E-state index contributed by atoms with van der Waals surface area (Å²) in [6.45, 7) is 2.29. The van der Waals surface area contributed by atoms with Gasteiger partial charge in [0.1, 0.15) is 0 Å². The first-order valence-electron chi connectivity index (χ1n) is 6.40. The van der Waals surface area contributed by atoms with Gasteiger partial charge in [-0.2, -0.15) is 0 Å². The molecule has 0 heterocycles. The van der Waals surface area contributed by atoms with E-state index in [1.807, 2.05) is 0 Å². The van der Waals surface area contributed by atoms with E-state index in [2.05, 4.69) is 11.9 Å². The van der Waals surface area contributed by atoms with E-state index in [4.69, 9.17) is 0 Å². The van der Waals surface area contributed by atoms with Crippen LogP contribution in [0.3, 0.4) is 0 Å². The van der Waals surface area contributed by atoms with Crippen molar-refractivity contribution in [3.63, 3.8) is 0 Å². The maximum absolute atomic E-state index is 2.42. The third-order valence-corrected chi connectivity index (χ3v) is 4.69. The van der Waals surface area contributed by atoms with Crippen LogP contribution < -0.4 is 0 Å². The zero-order chi connectivity index (χ0) is 10.5. The van der Waals surface area contributed by atoms with Crippen molar-refractivity contribution < 1.29 is 0 Å². The minimum atomic E-state index is 0.425. The van der Waals surface area contributed by atoms with Gasteiger partial charge in [-0.1, -0.05) is 0 Å². The van der Waals surface area contributed by atoms with Crippen LogP contribution in [0, 0.1) is 0 Å². The Hall–Kier alpha value is 0.790. The van der Waals surface area contributed by atoms with Crippen LogP contribution in [0.2, 0.25) is 9.44 Å². The van der Waals surface area contributed by atoms with E-state index in [9.17, 15) is 0 Å². The Morgan fingerprint density at radius 2 is 1.07 bits per heavy atom. The van der Waals surface area contributed by atoms with Crippen molar-refractivity contribution in [3.05, 3.63) is 0 Å². The molecule has 0 aliphatic carbocycles. The monoisotopic (exact) mass is 314 g/mol. The van der Waals surface area contributed by atoms with Crippen LogP contribution in [0.1, 0.15) is 71.1 Å². The van der Waals surface area contributed by atoms with Crippen molar-refractivity contribution >= 4 is 20.9 Å². The predicted molar refractivity (Wildman–Crippen MR) is 68.3 cm³/mol. The number of hydrogen-bond acceptors (Lipinski definition) is 0. The van der Waals surface area contributed by atoms with E-state index >= 15 is 0 Å². The molecule has 0 radical (unpaired) electrons. The third-order valence-electron chi connectivity index (χ3n) is 2.70. The van der Waals surface area contributed by atoms with Crippen LogP contribution in [0.15, 0.2) is 0 Å². The molecule has 0 aliphatic rings. The Labute approximate surface area is 101 Å². The molecule has 86 valence electrons. The van der Waals surface area contributed by atoms with Gasteiger partial charge >= 0.3 is 101 Å². The van der Waals surface area contributed by atoms with Gasteiger partial charge in [0.15, 0.2) is 0 Å². The summed E-state index contributed by atoms with van der Waals surface area (Å²) < 4.78 is 1.57. The van der Waals surface area contributed by atoms with Gasteiger partial charge in [0.2, 0.25) is 0 Å². The van der Waals surface area contributed by atoms with Gasteiger partial charge < -0.3 is 0 Å². The van der Waals surface area contributed by atoms with E-state index in [1.165, 1.54) is 64.2 Å².